The predicted molar refractivity (Wildman–Crippen MR) is 92.2 cm³/mol. The molecule has 1 fully saturated rings. The summed E-state index contributed by atoms with van der Waals surface area (Å²) < 4.78 is 11.3. The molecule has 0 unspecified atom stereocenters. The van der Waals surface area contributed by atoms with Gasteiger partial charge in [-0.2, -0.15) is 0 Å². The van der Waals surface area contributed by atoms with Crippen molar-refractivity contribution < 1.29 is 9.47 Å². The molecule has 4 heteroatoms. The minimum Gasteiger partial charge on any atom is -0.493 e. The average Bonchev–Trinajstić information content (AvgIpc) is 2.46. The van der Waals surface area contributed by atoms with E-state index >= 15 is 0 Å². The van der Waals surface area contributed by atoms with Gasteiger partial charge in [-0.25, -0.2) is 0 Å². The van der Waals surface area contributed by atoms with E-state index in [1.165, 1.54) is 12.1 Å². The van der Waals surface area contributed by atoms with Crippen molar-refractivity contribution >= 4 is 5.69 Å². The van der Waals surface area contributed by atoms with E-state index in [0.717, 1.165) is 31.1 Å². The lowest BCUT2D eigenvalue weighted by Crippen LogP contribution is -2.51. The number of benzene rings is 1. The van der Waals surface area contributed by atoms with E-state index in [4.69, 9.17) is 9.47 Å². The first-order valence-electron chi connectivity index (χ1n) is 8.32. The molecule has 0 aliphatic carbocycles. The molecule has 1 atom stereocenters. The summed E-state index contributed by atoms with van der Waals surface area (Å²) in [5.41, 5.74) is 1.21. The van der Waals surface area contributed by atoms with Gasteiger partial charge in [-0.15, -0.1) is 0 Å². The van der Waals surface area contributed by atoms with Crippen LogP contribution in [0.15, 0.2) is 18.2 Å². The van der Waals surface area contributed by atoms with Crippen molar-refractivity contribution in [3.63, 3.8) is 0 Å². The fourth-order valence-corrected chi connectivity index (χ4v) is 3.00. The Hall–Kier alpha value is -1.42. The predicted octanol–water partition coefficient (Wildman–Crippen LogP) is 3.31. The molecule has 1 aliphatic heterocycles. The highest BCUT2D eigenvalue weighted by Crippen LogP contribution is 2.33. The molecule has 0 aromatic heterocycles. The van der Waals surface area contributed by atoms with E-state index in [9.17, 15) is 0 Å². The second kappa shape index (κ2) is 7.73. The number of ether oxygens (including phenoxy) is 2. The quantitative estimate of drug-likeness (QED) is 0.874. The van der Waals surface area contributed by atoms with Gasteiger partial charge in [-0.1, -0.05) is 13.8 Å². The molecular formula is C18H30N2O2. The maximum absolute atomic E-state index is 5.89. The molecule has 124 valence electrons. The highest BCUT2D eigenvalue weighted by Gasteiger charge is 2.21. The Bertz CT molecular complexity index is 474. The summed E-state index contributed by atoms with van der Waals surface area (Å²) in [6.45, 7) is 11.7. The second-order valence-electron chi connectivity index (χ2n) is 6.73. The SMILES string of the molecule is COc1ccc(N2CCN[C@@H](CC(C)C)C2)cc1OC(C)C. The summed E-state index contributed by atoms with van der Waals surface area (Å²) in [5.74, 6) is 2.34. The van der Waals surface area contributed by atoms with Gasteiger partial charge in [0.2, 0.25) is 0 Å². The topological polar surface area (TPSA) is 33.7 Å². The molecule has 0 radical (unpaired) electrons. The molecular weight excluding hydrogens is 276 g/mol. The minimum absolute atomic E-state index is 0.140. The number of hydrogen-bond donors (Lipinski definition) is 1. The van der Waals surface area contributed by atoms with Crippen molar-refractivity contribution in [2.75, 3.05) is 31.6 Å². The van der Waals surface area contributed by atoms with Crippen LogP contribution in [0.3, 0.4) is 0 Å². The van der Waals surface area contributed by atoms with Gasteiger partial charge < -0.3 is 19.7 Å². The van der Waals surface area contributed by atoms with Crippen LogP contribution >= 0.6 is 0 Å². The lowest BCUT2D eigenvalue weighted by Gasteiger charge is -2.36. The molecule has 2 rings (SSSR count). The summed E-state index contributed by atoms with van der Waals surface area (Å²) in [7, 11) is 1.69. The van der Waals surface area contributed by atoms with E-state index in [-0.39, 0.29) is 6.10 Å². The fourth-order valence-electron chi connectivity index (χ4n) is 3.00. The third-order valence-corrected chi connectivity index (χ3v) is 3.89. The lowest BCUT2D eigenvalue weighted by atomic mass is 10.0. The maximum Gasteiger partial charge on any atom is 0.163 e. The number of piperazine rings is 1. The van der Waals surface area contributed by atoms with Crippen molar-refractivity contribution in [2.45, 2.75) is 46.3 Å². The number of rotatable bonds is 6. The van der Waals surface area contributed by atoms with Gasteiger partial charge in [0.15, 0.2) is 11.5 Å². The smallest absolute Gasteiger partial charge is 0.163 e. The zero-order chi connectivity index (χ0) is 16.1. The first-order valence-corrected chi connectivity index (χ1v) is 8.32. The van der Waals surface area contributed by atoms with Crippen molar-refractivity contribution in [1.82, 2.24) is 5.32 Å². The number of anilines is 1. The van der Waals surface area contributed by atoms with Gasteiger partial charge in [0.25, 0.3) is 0 Å². The van der Waals surface area contributed by atoms with Crippen LogP contribution in [0.25, 0.3) is 0 Å². The van der Waals surface area contributed by atoms with Crippen LogP contribution in [-0.4, -0.2) is 38.9 Å². The highest BCUT2D eigenvalue weighted by molar-refractivity contribution is 5.57. The molecule has 1 heterocycles. The third kappa shape index (κ3) is 4.54. The molecule has 22 heavy (non-hydrogen) atoms. The molecule has 1 N–H and O–H groups in total. The summed E-state index contributed by atoms with van der Waals surface area (Å²) in [5, 5.41) is 3.62. The lowest BCUT2D eigenvalue weighted by molar-refractivity contribution is 0.230. The van der Waals surface area contributed by atoms with E-state index in [2.05, 4.69) is 36.2 Å². The molecule has 1 aromatic rings. The Morgan fingerprint density at radius 3 is 2.64 bits per heavy atom. The Morgan fingerprint density at radius 1 is 1.23 bits per heavy atom. The fraction of sp³-hybridized carbons (Fsp3) is 0.667. The first-order chi connectivity index (χ1) is 10.5. The summed E-state index contributed by atoms with van der Waals surface area (Å²) in [6, 6.07) is 6.80. The van der Waals surface area contributed by atoms with Crippen LogP contribution in [0, 0.1) is 5.92 Å². The second-order valence-corrected chi connectivity index (χ2v) is 6.73. The number of nitrogens with zero attached hydrogens (tertiary/aromatic N) is 1. The molecule has 0 spiro atoms. The molecule has 0 amide bonds. The molecule has 0 saturated carbocycles. The average molecular weight is 306 g/mol. The van der Waals surface area contributed by atoms with Gasteiger partial charge in [-0.3, -0.25) is 0 Å². The number of nitrogens with one attached hydrogen (secondary N) is 1. The van der Waals surface area contributed by atoms with Crippen molar-refractivity contribution in [3.8, 4) is 11.5 Å². The molecule has 1 aromatic carbocycles. The molecule has 1 aliphatic rings. The highest BCUT2D eigenvalue weighted by atomic mass is 16.5. The van der Waals surface area contributed by atoms with Crippen LogP contribution in [0.1, 0.15) is 34.1 Å². The van der Waals surface area contributed by atoms with Crippen molar-refractivity contribution in [1.29, 1.82) is 0 Å². The zero-order valence-electron chi connectivity index (χ0n) is 14.6. The normalized spacial score (nSPS) is 18.9. The summed E-state index contributed by atoms with van der Waals surface area (Å²) >= 11 is 0. The van der Waals surface area contributed by atoms with Crippen LogP contribution < -0.4 is 19.7 Å². The van der Waals surface area contributed by atoms with Crippen LogP contribution in [0.5, 0.6) is 11.5 Å². The minimum atomic E-state index is 0.140. The van der Waals surface area contributed by atoms with Crippen molar-refractivity contribution in [3.05, 3.63) is 18.2 Å². The van der Waals surface area contributed by atoms with Gasteiger partial charge >= 0.3 is 0 Å². The zero-order valence-corrected chi connectivity index (χ0v) is 14.6. The van der Waals surface area contributed by atoms with Crippen molar-refractivity contribution in [2.24, 2.45) is 5.92 Å². The Labute approximate surface area is 134 Å². The van der Waals surface area contributed by atoms with Gasteiger partial charge in [0.1, 0.15) is 0 Å². The van der Waals surface area contributed by atoms with E-state index < -0.39 is 0 Å². The van der Waals surface area contributed by atoms with E-state index in [0.29, 0.717) is 12.0 Å². The monoisotopic (exact) mass is 306 g/mol. The number of methoxy groups -OCH3 is 1. The molecule has 4 nitrogen and oxygen atoms in total. The van der Waals surface area contributed by atoms with Crippen LogP contribution in [0.2, 0.25) is 0 Å². The summed E-state index contributed by atoms with van der Waals surface area (Å²) in [6.07, 6.45) is 1.35. The third-order valence-electron chi connectivity index (χ3n) is 3.89. The Morgan fingerprint density at radius 2 is 2.00 bits per heavy atom. The Kier molecular flexibility index (Phi) is 5.95. The standard InChI is InChI=1S/C18H30N2O2/c1-13(2)10-15-12-20(9-8-19-15)16-6-7-17(21-5)18(11-16)22-14(3)4/h6-7,11,13-15,19H,8-10,12H2,1-5H3/t15-/m0/s1. The Balaban J connectivity index is 2.13. The largest absolute Gasteiger partial charge is 0.493 e. The first kappa shape index (κ1) is 16.9. The molecule has 0 bridgehead atoms. The van der Waals surface area contributed by atoms with Crippen LogP contribution in [0.4, 0.5) is 5.69 Å². The maximum atomic E-state index is 5.89. The number of hydrogen-bond acceptors (Lipinski definition) is 4. The van der Waals surface area contributed by atoms with E-state index in [1.807, 2.05) is 19.9 Å². The van der Waals surface area contributed by atoms with Gasteiger partial charge in [0.05, 0.1) is 13.2 Å². The molecule has 1 saturated heterocycles. The summed E-state index contributed by atoms with van der Waals surface area (Å²) in [4.78, 5) is 2.44. The van der Waals surface area contributed by atoms with Gasteiger partial charge in [-0.05, 0) is 38.3 Å². The van der Waals surface area contributed by atoms with Crippen LogP contribution in [-0.2, 0) is 0 Å². The van der Waals surface area contributed by atoms with E-state index in [1.54, 1.807) is 7.11 Å². The van der Waals surface area contributed by atoms with Gasteiger partial charge in [0, 0.05) is 37.4 Å².